The van der Waals surface area contributed by atoms with E-state index in [-0.39, 0.29) is 22.0 Å². The van der Waals surface area contributed by atoms with E-state index in [4.69, 9.17) is 27.7 Å². The fourth-order valence-corrected chi connectivity index (χ4v) is 2.81. The fraction of sp³-hybridized carbons (Fsp3) is 0.133. The Morgan fingerprint density at radius 2 is 2.04 bits per heavy atom. The van der Waals surface area contributed by atoms with Gasteiger partial charge in [-0.1, -0.05) is 28.4 Å². The predicted octanol–water partition coefficient (Wildman–Crippen LogP) is 3.63. The zero-order chi connectivity index (χ0) is 16.7. The van der Waals surface area contributed by atoms with Crippen LogP contribution in [0.3, 0.4) is 0 Å². The van der Waals surface area contributed by atoms with Crippen molar-refractivity contribution in [3.05, 3.63) is 51.3 Å². The summed E-state index contributed by atoms with van der Waals surface area (Å²) in [6.45, 7) is 1.76. The molecule has 1 N–H and O–H groups in total. The molecule has 0 atom stereocenters. The third-order valence-electron chi connectivity index (χ3n) is 3.36. The van der Waals surface area contributed by atoms with E-state index in [1.165, 1.54) is 24.0 Å². The number of aryl methyl sites for hydroxylation is 2. The normalized spacial score (nSPS) is 11.0. The summed E-state index contributed by atoms with van der Waals surface area (Å²) in [5, 5.41) is 18.0. The van der Waals surface area contributed by atoms with Gasteiger partial charge in [-0.25, -0.2) is 4.68 Å². The SMILES string of the molecule is Cc1cc(-c2c(Cl)ccc(C(=O)c3cnn(C)c3O)c2Cl)on1. The summed E-state index contributed by atoms with van der Waals surface area (Å²) in [6.07, 6.45) is 1.28. The van der Waals surface area contributed by atoms with Crippen LogP contribution in [0.25, 0.3) is 11.3 Å². The van der Waals surface area contributed by atoms with Gasteiger partial charge in [-0.3, -0.25) is 4.79 Å². The van der Waals surface area contributed by atoms with E-state index < -0.39 is 5.78 Å². The number of carbonyl (C=O) groups is 1. The topological polar surface area (TPSA) is 81.2 Å². The van der Waals surface area contributed by atoms with Crippen LogP contribution in [0.15, 0.2) is 28.9 Å². The first kappa shape index (κ1) is 15.6. The van der Waals surface area contributed by atoms with Crippen LogP contribution in [-0.4, -0.2) is 25.8 Å². The predicted molar refractivity (Wildman–Crippen MR) is 85.0 cm³/mol. The van der Waals surface area contributed by atoms with Gasteiger partial charge in [-0.2, -0.15) is 5.10 Å². The number of halogens is 2. The molecule has 2 heterocycles. The second-order valence-electron chi connectivity index (χ2n) is 4.95. The summed E-state index contributed by atoms with van der Waals surface area (Å²) in [5.41, 5.74) is 1.27. The van der Waals surface area contributed by atoms with Crippen molar-refractivity contribution in [1.82, 2.24) is 14.9 Å². The second kappa shape index (κ2) is 5.72. The Balaban J connectivity index is 2.15. The Bertz CT molecular complexity index is 915. The van der Waals surface area contributed by atoms with Gasteiger partial charge in [0.05, 0.1) is 27.5 Å². The highest BCUT2D eigenvalue weighted by atomic mass is 35.5. The van der Waals surface area contributed by atoms with E-state index in [9.17, 15) is 9.90 Å². The summed E-state index contributed by atoms with van der Waals surface area (Å²) in [6, 6.07) is 4.70. The van der Waals surface area contributed by atoms with E-state index >= 15 is 0 Å². The first-order valence-corrected chi connectivity index (χ1v) is 7.33. The third-order valence-corrected chi connectivity index (χ3v) is 4.07. The molecule has 3 rings (SSSR count). The molecule has 118 valence electrons. The van der Waals surface area contributed by atoms with E-state index in [1.807, 2.05) is 0 Å². The molecule has 0 saturated heterocycles. The molecule has 0 spiro atoms. The molecule has 23 heavy (non-hydrogen) atoms. The summed E-state index contributed by atoms with van der Waals surface area (Å²) in [7, 11) is 1.53. The van der Waals surface area contributed by atoms with Crippen LogP contribution in [0.4, 0.5) is 0 Å². The highest BCUT2D eigenvalue weighted by molar-refractivity contribution is 6.41. The van der Waals surface area contributed by atoms with Crippen LogP contribution in [0.5, 0.6) is 5.88 Å². The highest BCUT2D eigenvalue weighted by Crippen LogP contribution is 2.38. The van der Waals surface area contributed by atoms with Gasteiger partial charge in [0, 0.05) is 18.7 Å². The summed E-state index contributed by atoms with van der Waals surface area (Å²) < 4.78 is 6.38. The third kappa shape index (κ3) is 2.60. The number of nitrogens with zero attached hydrogens (tertiary/aromatic N) is 3. The maximum absolute atomic E-state index is 12.6. The molecule has 0 fully saturated rings. The summed E-state index contributed by atoms with van der Waals surface area (Å²) in [5.74, 6) is -0.338. The summed E-state index contributed by atoms with van der Waals surface area (Å²) in [4.78, 5) is 12.6. The summed E-state index contributed by atoms with van der Waals surface area (Å²) >= 11 is 12.5. The van der Waals surface area contributed by atoms with Gasteiger partial charge in [0.1, 0.15) is 5.56 Å². The fourth-order valence-electron chi connectivity index (χ4n) is 2.17. The lowest BCUT2D eigenvalue weighted by Crippen LogP contribution is -2.03. The lowest BCUT2D eigenvalue weighted by Gasteiger charge is -2.08. The van der Waals surface area contributed by atoms with E-state index in [2.05, 4.69) is 10.3 Å². The number of ketones is 1. The molecular weight excluding hydrogens is 341 g/mol. The number of carbonyl (C=O) groups excluding carboxylic acids is 1. The Labute approximate surface area is 141 Å². The molecule has 3 aromatic rings. The van der Waals surface area contributed by atoms with Gasteiger partial charge < -0.3 is 9.63 Å². The van der Waals surface area contributed by atoms with Gasteiger partial charge in [-0.05, 0) is 19.1 Å². The van der Waals surface area contributed by atoms with Crippen LogP contribution in [0.2, 0.25) is 10.0 Å². The van der Waals surface area contributed by atoms with Crippen LogP contribution in [0, 0.1) is 6.92 Å². The average Bonchev–Trinajstić information content (AvgIpc) is 3.06. The minimum absolute atomic E-state index is 0.0522. The largest absolute Gasteiger partial charge is 0.493 e. The zero-order valence-electron chi connectivity index (χ0n) is 12.2. The lowest BCUT2D eigenvalue weighted by molar-refractivity contribution is 0.103. The van der Waals surface area contributed by atoms with Crippen LogP contribution < -0.4 is 0 Å². The molecule has 0 saturated carbocycles. The molecular formula is C15H11Cl2N3O3. The van der Waals surface area contributed by atoms with Crippen molar-refractivity contribution < 1.29 is 14.4 Å². The Kier molecular flexibility index (Phi) is 3.87. The second-order valence-corrected chi connectivity index (χ2v) is 5.74. The van der Waals surface area contributed by atoms with Crippen molar-refractivity contribution in [2.75, 3.05) is 0 Å². The number of aromatic nitrogens is 3. The molecule has 0 aliphatic rings. The molecule has 0 aliphatic carbocycles. The van der Waals surface area contributed by atoms with Crippen LogP contribution in [0.1, 0.15) is 21.6 Å². The maximum Gasteiger partial charge on any atom is 0.220 e. The van der Waals surface area contributed by atoms with Gasteiger partial charge in [0.2, 0.25) is 11.7 Å². The van der Waals surface area contributed by atoms with Crippen molar-refractivity contribution in [2.24, 2.45) is 7.05 Å². The van der Waals surface area contributed by atoms with E-state index in [0.717, 1.165) is 0 Å². The van der Waals surface area contributed by atoms with Gasteiger partial charge in [0.25, 0.3) is 0 Å². The van der Waals surface area contributed by atoms with Crippen molar-refractivity contribution in [3.8, 4) is 17.2 Å². The Hall–Kier alpha value is -2.31. The first-order valence-electron chi connectivity index (χ1n) is 6.57. The number of benzene rings is 1. The monoisotopic (exact) mass is 351 g/mol. The maximum atomic E-state index is 12.6. The van der Waals surface area contributed by atoms with Crippen molar-refractivity contribution >= 4 is 29.0 Å². The van der Waals surface area contributed by atoms with Crippen LogP contribution >= 0.6 is 23.2 Å². The zero-order valence-corrected chi connectivity index (χ0v) is 13.7. The van der Waals surface area contributed by atoms with Crippen molar-refractivity contribution in [1.29, 1.82) is 0 Å². The molecule has 0 radical (unpaired) electrons. The minimum atomic E-state index is -0.463. The molecule has 0 unspecified atom stereocenters. The molecule has 0 amide bonds. The lowest BCUT2D eigenvalue weighted by atomic mass is 10.0. The first-order chi connectivity index (χ1) is 10.9. The number of hydrogen-bond donors (Lipinski definition) is 1. The molecule has 2 aromatic heterocycles. The molecule has 1 aromatic carbocycles. The standard InChI is InChI=1S/C15H11Cl2N3O3/c1-7-5-11(23-19-7)12-10(16)4-3-8(13(12)17)14(21)9-6-18-20(2)15(9)22/h3-6,22H,1-2H3. The highest BCUT2D eigenvalue weighted by Gasteiger charge is 2.24. The quantitative estimate of drug-likeness (QED) is 0.728. The van der Waals surface area contributed by atoms with E-state index in [0.29, 0.717) is 22.0 Å². The molecule has 6 nitrogen and oxygen atoms in total. The van der Waals surface area contributed by atoms with E-state index in [1.54, 1.807) is 19.1 Å². The molecule has 0 bridgehead atoms. The Morgan fingerprint density at radius 1 is 1.30 bits per heavy atom. The van der Waals surface area contributed by atoms with Crippen molar-refractivity contribution in [2.45, 2.75) is 6.92 Å². The number of aromatic hydroxyl groups is 1. The van der Waals surface area contributed by atoms with Gasteiger partial charge >= 0.3 is 0 Å². The number of hydrogen-bond acceptors (Lipinski definition) is 5. The smallest absolute Gasteiger partial charge is 0.220 e. The minimum Gasteiger partial charge on any atom is -0.493 e. The Morgan fingerprint density at radius 3 is 2.61 bits per heavy atom. The average molecular weight is 352 g/mol. The van der Waals surface area contributed by atoms with Crippen molar-refractivity contribution in [3.63, 3.8) is 0 Å². The van der Waals surface area contributed by atoms with Crippen LogP contribution in [-0.2, 0) is 7.05 Å². The van der Waals surface area contributed by atoms with Gasteiger partial charge in [-0.15, -0.1) is 0 Å². The number of rotatable bonds is 3. The van der Waals surface area contributed by atoms with Gasteiger partial charge in [0.15, 0.2) is 5.76 Å². The molecule has 8 heteroatoms. The molecule has 0 aliphatic heterocycles.